The first kappa shape index (κ1) is 21.3. The van der Waals surface area contributed by atoms with Crippen LogP contribution in [-0.4, -0.2) is 30.4 Å². The minimum Gasteiger partial charge on any atom is -0.445 e. The van der Waals surface area contributed by atoms with Crippen LogP contribution in [0.5, 0.6) is 0 Å². The molecule has 2 aromatic carbocycles. The van der Waals surface area contributed by atoms with Crippen LogP contribution in [0.2, 0.25) is 0 Å². The second kappa shape index (κ2) is 10.3. The zero-order valence-electron chi connectivity index (χ0n) is 16.6. The zero-order chi connectivity index (χ0) is 20.4. The van der Waals surface area contributed by atoms with Crippen LogP contribution in [0.1, 0.15) is 31.9 Å². The first-order valence-corrected chi connectivity index (χ1v) is 9.30. The van der Waals surface area contributed by atoms with Gasteiger partial charge in [0, 0.05) is 6.54 Å². The molecule has 0 aliphatic heterocycles. The van der Waals surface area contributed by atoms with Crippen LogP contribution in [-0.2, 0) is 22.5 Å². The fourth-order valence-corrected chi connectivity index (χ4v) is 2.53. The highest BCUT2D eigenvalue weighted by Crippen LogP contribution is 2.08. The molecule has 0 radical (unpaired) electrons. The first-order chi connectivity index (χ1) is 13.3. The van der Waals surface area contributed by atoms with Gasteiger partial charge in [-0.2, -0.15) is 0 Å². The number of ether oxygens (including phenoxy) is 2. The summed E-state index contributed by atoms with van der Waals surface area (Å²) < 4.78 is 10.5. The lowest BCUT2D eigenvalue weighted by atomic mass is 10.1. The summed E-state index contributed by atoms with van der Waals surface area (Å²) in [6.07, 6.45) is -0.500. The Morgan fingerprint density at radius 1 is 0.893 bits per heavy atom. The molecule has 0 bridgehead atoms. The molecular formula is C22H28N2O4. The van der Waals surface area contributed by atoms with E-state index < -0.39 is 17.8 Å². The van der Waals surface area contributed by atoms with Crippen molar-refractivity contribution in [3.05, 3.63) is 71.8 Å². The number of benzene rings is 2. The number of amides is 2. The third-order valence-corrected chi connectivity index (χ3v) is 3.75. The largest absolute Gasteiger partial charge is 0.445 e. The molecule has 2 N–H and O–H groups in total. The maximum Gasteiger partial charge on any atom is 0.407 e. The predicted octanol–water partition coefficient (Wildman–Crippen LogP) is 4.05. The number of carbonyl (C=O) groups excluding carboxylic acids is 2. The van der Waals surface area contributed by atoms with E-state index in [4.69, 9.17) is 9.47 Å². The van der Waals surface area contributed by atoms with Crippen LogP contribution in [0.25, 0.3) is 0 Å². The van der Waals surface area contributed by atoms with Gasteiger partial charge in [-0.05, 0) is 38.3 Å². The lowest BCUT2D eigenvalue weighted by molar-refractivity contribution is 0.0502. The number of nitrogens with one attached hydrogen (secondary N) is 2. The van der Waals surface area contributed by atoms with E-state index >= 15 is 0 Å². The van der Waals surface area contributed by atoms with Crippen molar-refractivity contribution >= 4 is 12.2 Å². The molecule has 0 saturated heterocycles. The topological polar surface area (TPSA) is 76.7 Å². The first-order valence-electron chi connectivity index (χ1n) is 9.30. The Labute approximate surface area is 166 Å². The number of rotatable bonds is 7. The van der Waals surface area contributed by atoms with E-state index in [1.807, 2.05) is 60.7 Å². The normalized spacial score (nSPS) is 12.0. The van der Waals surface area contributed by atoms with E-state index in [1.165, 1.54) is 0 Å². The molecule has 0 aromatic heterocycles. The fraction of sp³-hybridized carbons (Fsp3) is 0.364. The molecule has 150 valence electrons. The maximum atomic E-state index is 12.1. The van der Waals surface area contributed by atoms with Gasteiger partial charge < -0.3 is 20.1 Å². The number of hydrogen-bond donors (Lipinski definition) is 2. The van der Waals surface area contributed by atoms with Crippen molar-refractivity contribution in [3.63, 3.8) is 0 Å². The van der Waals surface area contributed by atoms with Crippen LogP contribution in [0, 0.1) is 0 Å². The molecule has 6 nitrogen and oxygen atoms in total. The fourth-order valence-electron chi connectivity index (χ4n) is 2.53. The molecule has 2 amide bonds. The molecule has 6 heteroatoms. The Morgan fingerprint density at radius 2 is 1.46 bits per heavy atom. The van der Waals surface area contributed by atoms with Gasteiger partial charge in [-0.1, -0.05) is 60.7 Å². The van der Waals surface area contributed by atoms with Gasteiger partial charge in [0.25, 0.3) is 0 Å². The number of carbonyl (C=O) groups is 2. The van der Waals surface area contributed by atoms with E-state index in [-0.39, 0.29) is 19.2 Å². The monoisotopic (exact) mass is 384 g/mol. The van der Waals surface area contributed by atoms with Gasteiger partial charge in [-0.3, -0.25) is 0 Å². The summed E-state index contributed by atoms with van der Waals surface area (Å²) >= 11 is 0. The molecule has 0 aliphatic rings. The molecule has 1 atom stereocenters. The summed E-state index contributed by atoms with van der Waals surface area (Å²) in [6.45, 7) is 5.82. The average molecular weight is 384 g/mol. The summed E-state index contributed by atoms with van der Waals surface area (Å²) in [5, 5.41) is 5.53. The van der Waals surface area contributed by atoms with Crippen LogP contribution in [0.15, 0.2) is 60.7 Å². The standard InChI is InChI=1S/C22H28N2O4/c1-22(2,3)28-21(26)24-19(14-17-10-6-4-7-11-17)15-23-20(25)27-16-18-12-8-5-9-13-18/h4-13,19H,14-16H2,1-3H3,(H,23,25)(H,24,26). The summed E-state index contributed by atoms with van der Waals surface area (Å²) in [6, 6.07) is 18.8. The zero-order valence-corrected chi connectivity index (χ0v) is 16.6. The minimum atomic E-state index is -0.594. The van der Waals surface area contributed by atoms with Crippen LogP contribution in [0.3, 0.4) is 0 Å². The molecule has 28 heavy (non-hydrogen) atoms. The van der Waals surface area contributed by atoms with Crippen LogP contribution >= 0.6 is 0 Å². The molecule has 0 spiro atoms. The van der Waals surface area contributed by atoms with Gasteiger partial charge in [0.2, 0.25) is 0 Å². The smallest absolute Gasteiger partial charge is 0.407 e. The molecule has 2 aromatic rings. The Balaban J connectivity index is 1.88. The average Bonchev–Trinajstić information content (AvgIpc) is 2.64. The van der Waals surface area contributed by atoms with Crippen molar-refractivity contribution in [1.29, 1.82) is 0 Å². The lowest BCUT2D eigenvalue weighted by Crippen LogP contribution is -2.46. The number of hydrogen-bond acceptors (Lipinski definition) is 4. The maximum absolute atomic E-state index is 12.1. The summed E-state index contributed by atoms with van der Waals surface area (Å²) in [4.78, 5) is 24.1. The molecule has 1 unspecified atom stereocenters. The van der Waals surface area contributed by atoms with Gasteiger partial charge in [0.1, 0.15) is 12.2 Å². The summed E-state index contributed by atoms with van der Waals surface area (Å²) in [5.41, 5.74) is 1.36. The molecule has 0 saturated carbocycles. The van der Waals surface area contributed by atoms with Gasteiger partial charge >= 0.3 is 12.2 Å². The van der Waals surface area contributed by atoms with Crippen molar-refractivity contribution < 1.29 is 19.1 Å². The Hall–Kier alpha value is -3.02. The Bertz CT molecular complexity index is 742. The second-order valence-corrected chi connectivity index (χ2v) is 7.48. The SMILES string of the molecule is CC(C)(C)OC(=O)NC(CNC(=O)OCc1ccccc1)Cc1ccccc1. The van der Waals surface area contributed by atoms with Gasteiger partial charge in [-0.15, -0.1) is 0 Å². The third-order valence-electron chi connectivity index (χ3n) is 3.75. The highest BCUT2D eigenvalue weighted by molar-refractivity contribution is 5.69. The molecule has 0 heterocycles. The van der Waals surface area contributed by atoms with Crippen LogP contribution < -0.4 is 10.6 Å². The van der Waals surface area contributed by atoms with Crippen molar-refractivity contribution in [2.75, 3.05) is 6.54 Å². The molecule has 2 rings (SSSR count). The molecule has 0 aliphatic carbocycles. The van der Waals surface area contributed by atoms with E-state index in [2.05, 4.69) is 10.6 Å². The van der Waals surface area contributed by atoms with E-state index in [0.717, 1.165) is 11.1 Å². The van der Waals surface area contributed by atoms with Crippen molar-refractivity contribution in [3.8, 4) is 0 Å². The van der Waals surface area contributed by atoms with E-state index in [0.29, 0.717) is 6.42 Å². The van der Waals surface area contributed by atoms with Crippen molar-refractivity contribution in [2.45, 2.75) is 45.4 Å². The molecular weight excluding hydrogens is 356 g/mol. The highest BCUT2D eigenvalue weighted by atomic mass is 16.6. The third kappa shape index (κ3) is 8.58. The van der Waals surface area contributed by atoms with Crippen molar-refractivity contribution in [2.24, 2.45) is 0 Å². The van der Waals surface area contributed by atoms with E-state index in [9.17, 15) is 9.59 Å². The van der Waals surface area contributed by atoms with Gasteiger partial charge in [-0.25, -0.2) is 9.59 Å². The Kier molecular flexibility index (Phi) is 7.87. The number of alkyl carbamates (subject to hydrolysis) is 2. The Morgan fingerprint density at radius 3 is 2.04 bits per heavy atom. The van der Waals surface area contributed by atoms with Gasteiger partial charge in [0.15, 0.2) is 0 Å². The van der Waals surface area contributed by atoms with Crippen molar-refractivity contribution in [1.82, 2.24) is 10.6 Å². The molecule has 0 fully saturated rings. The highest BCUT2D eigenvalue weighted by Gasteiger charge is 2.20. The summed E-state index contributed by atoms with van der Waals surface area (Å²) in [5.74, 6) is 0. The predicted molar refractivity (Wildman–Crippen MR) is 108 cm³/mol. The lowest BCUT2D eigenvalue weighted by Gasteiger charge is -2.24. The second-order valence-electron chi connectivity index (χ2n) is 7.48. The van der Waals surface area contributed by atoms with E-state index in [1.54, 1.807) is 20.8 Å². The summed E-state index contributed by atoms with van der Waals surface area (Å²) in [7, 11) is 0. The van der Waals surface area contributed by atoms with Gasteiger partial charge in [0.05, 0.1) is 6.04 Å². The quantitative estimate of drug-likeness (QED) is 0.755. The van der Waals surface area contributed by atoms with Crippen LogP contribution in [0.4, 0.5) is 9.59 Å². The minimum absolute atomic E-state index is 0.190.